The Morgan fingerprint density at radius 3 is 2.80 bits per heavy atom. The van der Waals surface area contributed by atoms with Crippen molar-refractivity contribution in [3.8, 4) is 0 Å². The number of hydrogen-bond donors (Lipinski definition) is 3. The summed E-state index contributed by atoms with van der Waals surface area (Å²) in [5.74, 6) is 0.0917. The fourth-order valence-electron chi connectivity index (χ4n) is 1.26. The zero-order valence-corrected chi connectivity index (χ0v) is 8.05. The summed E-state index contributed by atoms with van der Waals surface area (Å²) in [7, 11) is -1.56. The zero-order valence-electron chi connectivity index (χ0n) is 8.05. The quantitative estimate of drug-likeness (QED) is 0.560. The third-order valence-electron chi connectivity index (χ3n) is 2.27. The fraction of sp³-hybridized carbons (Fsp3) is 0.333. The van der Waals surface area contributed by atoms with E-state index in [-0.39, 0.29) is 17.3 Å². The van der Waals surface area contributed by atoms with E-state index in [1.54, 1.807) is 0 Å². The lowest BCUT2D eigenvalue weighted by Crippen LogP contribution is -2.30. The van der Waals surface area contributed by atoms with Crippen LogP contribution in [0.3, 0.4) is 0 Å². The second kappa shape index (κ2) is 4.00. The van der Waals surface area contributed by atoms with E-state index in [2.05, 4.69) is 10.3 Å². The largest absolute Gasteiger partial charge is 0.490 e. The Morgan fingerprint density at radius 2 is 2.20 bits per heavy atom. The molecule has 5 nitrogen and oxygen atoms in total. The number of carbonyl (C=O) groups is 1. The van der Waals surface area contributed by atoms with Crippen molar-refractivity contribution in [3.05, 3.63) is 18.5 Å². The molecule has 0 unspecified atom stereocenters. The van der Waals surface area contributed by atoms with Crippen LogP contribution in [0.4, 0.5) is 5.69 Å². The minimum Gasteiger partial charge on any atom is -0.423 e. The summed E-state index contributed by atoms with van der Waals surface area (Å²) in [5.41, 5.74) is 0.765. The molecule has 0 saturated heterocycles. The first-order chi connectivity index (χ1) is 7.16. The Bertz CT molecular complexity index is 379. The van der Waals surface area contributed by atoms with Crippen molar-refractivity contribution in [2.45, 2.75) is 12.8 Å². The second-order valence-electron chi connectivity index (χ2n) is 3.64. The summed E-state index contributed by atoms with van der Waals surface area (Å²) < 4.78 is 0. The first-order valence-electron chi connectivity index (χ1n) is 4.79. The van der Waals surface area contributed by atoms with Crippen molar-refractivity contribution in [1.82, 2.24) is 4.98 Å². The number of amides is 1. The molecule has 2 rings (SSSR count). The normalized spacial score (nSPS) is 14.8. The maximum absolute atomic E-state index is 11.4. The summed E-state index contributed by atoms with van der Waals surface area (Å²) >= 11 is 0. The van der Waals surface area contributed by atoms with Gasteiger partial charge in [0.05, 0.1) is 11.9 Å². The van der Waals surface area contributed by atoms with E-state index in [1.807, 2.05) is 0 Å². The van der Waals surface area contributed by atoms with Crippen molar-refractivity contribution in [2.75, 3.05) is 5.32 Å². The molecule has 78 valence electrons. The second-order valence-corrected chi connectivity index (χ2v) is 3.64. The number of carbonyl (C=O) groups excluding carboxylic acids is 1. The zero-order chi connectivity index (χ0) is 10.8. The van der Waals surface area contributed by atoms with Gasteiger partial charge < -0.3 is 15.4 Å². The highest BCUT2D eigenvalue weighted by molar-refractivity contribution is 6.58. The first-order valence-corrected chi connectivity index (χ1v) is 4.79. The van der Waals surface area contributed by atoms with Gasteiger partial charge in [0.1, 0.15) is 0 Å². The number of hydrogen-bond acceptors (Lipinski definition) is 4. The molecule has 0 radical (unpaired) electrons. The van der Waals surface area contributed by atoms with E-state index in [4.69, 9.17) is 10.0 Å². The number of nitrogens with one attached hydrogen (secondary N) is 1. The molecule has 1 aliphatic rings. The highest BCUT2D eigenvalue weighted by atomic mass is 16.4. The van der Waals surface area contributed by atoms with Crippen molar-refractivity contribution in [2.24, 2.45) is 5.92 Å². The third-order valence-corrected chi connectivity index (χ3v) is 2.27. The van der Waals surface area contributed by atoms with Gasteiger partial charge in [-0.2, -0.15) is 0 Å². The van der Waals surface area contributed by atoms with Crippen LogP contribution >= 0.6 is 0 Å². The minimum atomic E-state index is -1.56. The van der Waals surface area contributed by atoms with Gasteiger partial charge in [-0.1, -0.05) is 0 Å². The highest BCUT2D eigenvalue weighted by Crippen LogP contribution is 2.29. The van der Waals surface area contributed by atoms with Crippen molar-refractivity contribution < 1.29 is 14.8 Å². The molecule has 3 N–H and O–H groups in total. The molecule has 1 fully saturated rings. The van der Waals surface area contributed by atoms with Crippen LogP contribution in [0.2, 0.25) is 0 Å². The number of aromatic nitrogens is 1. The van der Waals surface area contributed by atoms with Gasteiger partial charge in [0.15, 0.2) is 0 Å². The van der Waals surface area contributed by atoms with Gasteiger partial charge in [0, 0.05) is 17.6 Å². The number of rotatable bonds is 3. The van der Waals surface area contributed by atoms with E-state index in [0.717, 1.165) is 12.8 Å². The predicted octanol–water partition coefficient (Wildman–Crippen LogP) is -0.890. The van der Waals surface area contributed by atoms with Crippen molar-refractivity contribution in [3.63, 3.8) is 0 Å². The molecule has 1 heterocycles. The van der Waals surface area contributed by atoms with Gasteiger partial charge >= 0.3 is 7.12 Å². The van der Waals surface area contributed by atoms with Crippen LogP contribution in [0, 0.1) is 5.92 Å². The first kappa shape index (κ1) is 10.1. The van der Waals surface area contributed by atoms with Gasteiger partial charge in [0.25, 0.3) is 0 Å². The van der Waals surface area contributed by atoms with Gasteiger partial charge in [0.2, 0.25) is 5.91 Å². The smallest absolute Gasteiger partial charge is 0.423 e. The SMILES string of the molecule is O=C(Nc1cncc(B(O)O)c1)C1CC1. The van der Waals surface area contributed by atoms with Crippen LogP contribution in [0.15, 0.2) is 18.5 Å². The molecular weight excluding hydrogens is 195 g/mol. The average molecular weight is 206 g/mol. The highest BCUT2D eigenvalue weighted by Gasteiger charge is 2.29. The van der Waals surface area contributed by atoms with Crippen molar-refractivity contribution in [1.29, 1.82) is 0 Å². The number of pyridine rings is 1. The van der Waals surface area contributed by atoms with Crippen LogP contribution in [-0.4, -0.2) is 28.1 Å². The Hall–Kier alpha value is -1.40. The average Bonchev–Trinajstić information content (AvgIpc) is 3.01. The summed E-state index contributed by atoms with van der Waals surface area (Å²) in [6.45, 7) is 0. The Balaban J connectivity index is 2.07. The van der Waals surface area contributed by atoms with Crippen molar-refractivity contribution >= 4 is 24.2 Å². The van der Waals surface area contributed by atoms with Crippen LogP contribution in [-0.2, 0) is 4.79 Å². The molecule has 1 amide bonds. The monoisotopic (exact) mass is 206 g/mol. The van der Waals surface area contributed by atoms with E-state index in [1.165, 1.54) is 18.5 Å². The molecule has 6 heteroatoms. The molecule has 0 spiro atoms. The molecule has 1 saturated carbocycles. The standard InChI is InChI=1S/C9H11BN2O3/c13-9(6-1-2-6)12-8-3-7(10(14)15)4-11-5-8/h3-6,14-15H,1-2H2,(H,12,13). The van der Waals surface area contributed by atoms with E-state index < -0.39 is 7.12 Å². The minimum absolute atomic E-state index is 0.0265. The van der Waals surface area contributed by atoms with Gasteiger partial charge in [-0.05, 0) is 18.9 Å². The maximum atomic E-state index is 11.4. The molecular formula is C9H11BN2O3. The number of nitrogens with zero attached hydrogens (tertiary/aromatic N) is 1. The van der Waals surface area contributed by atoms with Gasteiger partial charge in [-0.15, -0.1) is 0 Å². The van der Waals surface area contributed by atoms with E-state index in [0.29, 0.717) is 5.69 Å². The molecule has 0 aliphatic heterocycles. The van der Waals surface area contributed by atoms with Crippen LogP contribution in [0.25, 0.3) is 0 Å². The van der Waals surface area contributed by atoms with Crippen LogP contribution < -0.4 is 10.8 Å². The molecule has 0 aromatic carbocycles. The molecule has 0 atom stereocenters. The van der Waals surface area contributed by atoms with E-state index in [9.17, 15) is 4.79 Å². The lowest BCUT2D eigenvalue weighted by atomic mass is 9.81. The Labute approximate surface area is 87.3 Å². The Morgan fingerprint density at radius 1 is 1.47 bits per heavy atom. The lowest BCUT2D eigenvalue weighted by molar-refractivity contribution is -0.117. The predicted molar refractivity (Wildman–Crippen MR) is 55.4 cm³/mol. The van der Waals surface area contributed by atoms with Gasteiger partial charge in [-0.25, -0.2) is 0 Å². The van der Waals surface area contributed by atoms with Crippen LogP contribution in [0.5, 0.6) is 0 Å². The summed E-state index contributed by atoms with van der Waals surface area (Å²) in [6.07, 6.45) is 4.69. The van der Waals surface area contributed by atoms with Crippen LogP contribution in [0.1, 0.15) is 12.8 Å². The molecule has 1 aromatic rings. The summed E-state index contributed by atoms with van der Waals surface area (Å²) in [5, 5.41) is 20.5. The summed E-state index contributed by atoms with van der Waals surface area (Å²) in [4.78, 5) is 15.2. The van der Waals surface area contributed by atoms with Gasteiger partial charge in [-0.3, -0.25) is 9.78 Å². The third kappa shape index (κ3) is 2.54. The summed E-state index contributed by atoms with van der Waals surface area (Å²) in [6, 6.07) is 1.50. The topological polar surface area (TPSA) is 82.5 Å². The molecule has 1 aromatic heterocycles. The van der Waals surface area contributed by atoms with E-state index >= 15 is 0 Å². The lowest BCUT2D eigenvalue weighted by Gasteiger charge is -2.05. The molecule has 15 heavy (non-hydrogen) atoms. The number of anilines is 1. The molecule has 1 aliphatic carbocycles. The molecule has 0 bridgehead atoms. The Kier molecular flexibility index (Phi) is 2.70. The fourth-order valence-corrected chi connectivity index (χ4v) is 1.26. The maximum Gasteiger partial charge on any atom is 0.490 e.